The highest BCUT2D eigenvalue weighted by Gasteiger charge is 2.21. The number of piperidine rings is 1. The van der Waals surface area contributed by atoms with Crippen LogP contribution in [0.2, 0.25) is 5.02 Å². The molecule has 7 heteroatoms. The molecule has 0 aromatic heterocycles. The topological polar surface area (TPSA) is 75.4 Å². The molecule has 1 unspecified atom stereocenters. The van der Waals surface area contributed by atoms with E-state index in [4.69, 9.17) is 17.3 Å². The Morgan fingerprint density at radius 3 is 2.81 bits per heavy atom. The van der Waals surface area contributed by atoms with Gasteiger partial charge in [-0.05, 0) is 57.0 Å². The average Bonchev–Trinajstić information content (AvgIpc) is 2.42. The van der Waals surface area contributed by atoms with Crippen LogP contribution in [-0.2, 0) is 10.0 Å². The molecule has 0 spiro atoms. The van der Waals surface area contributed by atoms with Crippen LogP contribution in [0.25, 0.3) is 0 Å². The van der Waals surface area contributed by atoms with Crippen molar-refractivity contribution >= 4 is 27.3 Å². The molecule has 1 saturated heterocycles. The molecule has 0 amide bonds. The van der Waals surface area contributed by atoms with Crippen molar-refractivity contribution in [3.8, 4) is 0 Å². The second-order valence-corrected chi connectivity index (χ2v) is 7.91. The van der Waals surface area contributed by atoms with Gasteiger partial charge in [0.2, 0.25) is 10.0 Å². The van der Waals surface area contributed by atoms with Gasteiger partial charge in [-0.25, -0.2) is 13.1 Å². The quantitative estimate of drug-likeness (QED) is 0.826. The van der Waals surface area contributed by atoms with E-state index < -0.39 is 10.0 Å². The van der Waals surface area contributed by atoms with E-state index in [1.54, 1.807) is 13.0 Å². The Labute approximate surface area is 131 Å². The highest BCUT2D eigenvalue weighted by atomic mass is 35.5. The molecule has 118 valence electrons. The van der Waals surface area contributed by atoms with Crippen LogP contribution in [-0.4, -0.2) is 40.0 Å². The van der Waals surface area contributed by atoms with Crippen molar-refractivity contribution in [2.45, 2.75) is 24.7 Å². The van der Waals surface area contributed by atoms with Gasteiger partial charge in [-0.2, -0.15) is 0 Å². The zero-order valence-electron chi connectivity index (χ0n) is 12.4. The Hall–Kier alpha value is -0.820. The van der Waals surface area contributed by atoms with Crippen molar-refractivity contribution in [1.82, 2.24) is 9.62 Å². The number of likely N-dealkylation sites (tertiary alicyclic amines) is 1. The van der Waals surface area contributed by atoms with Crippen molar-refractivity contribution in [2.24, 2.45) is 5.92 Å². The van der Waals surface area contributed by atoms with E-state index in [-0.39, 0.29) is 10.6 Å². The van der Waals surface area contributed by atoms with Gasteiger partial charge in [-0.15, -0.1) is 0 Å². The number of nitrogen functional groups attached to an aromatic ring is 1. The van der Waals surface area contributed by atoms with Crippen LogP contribution in [0.3, 0.4) is 0 Å². The number of aryl methyl sites for hydroxylation is 1. The molecule has 1 atom stereocenters. The molecule has 1 aliphatic rings. The van der Waals surface area contributed by atoms with Crippen LogP contribution in [0.1, 0.15) is 18.4 Å². The second-order valence-electron chi connectivity index (χ2n) is 5.77. The molecule has 3 N–H and O–H groups in total. The lowest BCUT2D eigenvalue weighted by Crippen LogP contribution is -2.39. The number of anilines is 1. The average molecular weight is 332 g/mol. The molecule has 0 radical (unpaired) electrons. The summed E-state index contributed by atoms with van der Waals surface area (Å²) in [7, 11) is -1.49. The maximum Gasteiger partial charge on any atom is 0.240 e. The van der Waals surface area contributed by atoms with Crippen LogP contribution in [0.15, 0.2) is 17.0 Å². The van der Waals surface area contributed by atoms with Gasteiger partial charge in [0, 0.05) is 13.1 Å². The zero-order chi connectivity index (χ0) is 15.6. The summed E-state index contributed by atoms with van der Waals surface area (Å²) in [4.78, 5) is 2.40. The molecule has 1 fully saturated rings. The van der Waals surface area contributed by atoms with E-state index in [0.717, 1.165) is 25.9 Å². The third-order valence-corrected chi connectivity index (χ3v) is 5.77. The van der Waals surface area contributed by atoms with Gasteiger partial charge in [-0.3, -0.25) is 0 Å². The smallest absolute Gasteiger partial charge is 0.240 e. The number of halogens is 1. The Bertz CT molecular complexity index is 596. The molecule has 0 saturated carbocycles. The second kappa shape index (κ2) is 6.52. The maximum atomic E-state index is 12.3. The van der Waals surface area contributed by atoms with Crippen LogP contribution in [0.5, 0.6) is 0 Å². The van der Waals surface area contributed by atoms with Crippen molar-refractivity contribution in [3.05, 3.63) is 22.7 Å². The summed E-state index contributed by atoms with van der Waals surface area (Å²) >= 11 is 5.97. The summed E-state index contributed by atoms with van der Waals surface area (Å²) in [5, 5.41) is 0.405. The van der Waals surface area contributed by atoms with Gasteiger partial charge in [0.15, 0.2) is 0 Å². The summed E-state index contributed by atoms with van der Waals surface area (Å²) in [5.41, 5.74) is 6.69. The van der Waals surface area contributed by atoms with Gasteiger partial charge in [-0.1, -0.05) is 11.6 Å². The molecule has 21 heavy (non-hydrogen) atoms. The minimum absolute atomic E-state index is 0.172. The van der Waals surface area contributed by atoms with Gasteiger partial charge in [0.25, 0.3) is 0 Å². The number of nitrogens with two attached hydrogens (primary N) is 1. The maximum absolute atomic E-state index is 12.3. The van der Waals surface area contributed by atoms with Gasteiger partial charge < -0.3 is 10.6 Å². The van der Waals surface area contributed by atoms with E-state index in [1.165, 1.54) is 6.07 Å². The van der Waals surface area contributed by atoms with Gasteiger partial charge in [0.05, 0.1) is 15.6 Å². The summed E-state index contributed by atoms with van der Waals surface area (Å²) in [6, 6.07) is 2.96. The molecule has 2 rings (SSSR count). The molecular formula is C14H22ClN3O2S. The minimum atomic E-state index is -3.55. The highest BCUT2D eigenvalue weighted by Crippen LogP contribution is 2.26. The number of sulfonamides is 1. The Morgan fingerprint density at radius 2 is 2.19 bits per heavy atom. The normalized spacial score (nSPS) is 20.6. The van der Waals surface area contributed by atoms with Crippen LogP contribution in [0, 0.1) is 12.8 Å². The third-order valence-electron chi connectivity index (χ3n) is 3.85. The number of benzene rings is 1. The first-order chi connectivity index (χ1) is 9.79. The number of rotatable bonds is 4. The molecule has 1 heterocycles. The van der Waals surface area contributed by atoms with Gasteiger partial charge >= 0.3 is 0 Å². The molecule has 1 aromatic carbocycles. The fraction of sp³-hybridized carbons (Fsp3) is 0.571. The predicted molar refractivity (Wildman–Crippen MR) is 86.0 cm³/mol. The summed E-state index contributed by atoms with van der Waals surface area (Å²) in [6.45, 7) is 4.20. The Balaban J connectivity index is 2.08. The summed E-state index contributed by atoms with van der Waals surface area (Å²) in [5.74, 6) is 0.351. The first kappa shape index (κ1) is 16.5. The van der Waals surface area contributed by atoms with E-state index in [2.05, 4.69) is 16.7 Å². The number of hydrogen-bond donors (Lipinski definition) is 2. The minimum Gasteiger partial charge on any atom is -0.397 e. The van der Waals surface area contributed by atoms with E-state index in [1.807, 2.05) is 0 Å². The van der Waals surface area contributed by atoms with E-state index >= 15 is 0 Å². The fourth-order valence-corrected chi connectivity index (χ4v) is 4.01. The predicted octanol–water partition coefficient (Wildman–Crippen LogP) is 1.85. The first-order valence-corrected chi connectivity index (χ1v) is 8.89. The SMILES string of the molecule is Cc1cc(S(=O)(=O)NCC2CCCN(C)C2)cc(N)c1Cl. The van der Waals surface area contributed by atoms with Gasteiger partial charge in [0.1, 0.15) is 0 Å². The lowest BCUT2D eigenvalue weighted by Gasteiger charge is -2.29. The molecule has 1 aromatic rings. The summed E-state index contributed by atoms with van der Waals surface area (Å²) < 4.78 is 27.4. The van der Waals surface area contributed by atoms with Crippen molar-refractivity contribution in [2.75, 3.05) is 32.4 Å². The monoisotopic (exact) mass is 331 g/mol. The van der Waals surface area contributed by atoms with E-state index in [9.17, 15) is 8.42 Å². The fourth-order valence-electron chi connectivity index (χ4n) is 2.67. The lowest BCUT2D eigenvalue weighted by atomic mass is 9.99. The molecule has 1 aliphatic heterocycles. The number of nitrogens with one attached hydrogen (secondary N) is 1. The number of hydrogen-bond acceptors (Lipinski definition) is 4. The Morgan fingerprint density at radius 1 is 1.48 bits per heavy atom. The molecule has 0 aliphatic carbocycles. The van der Waals surface area contributed by atoms with Crippen LogP contribution in [0.4, 0.5) is 5.69 Å². The van der Waals surface area contributed by atoms with Crippen molar-refractivity contribution in [1.29, 1.82) is 0 Å². The number of nitrogens with zero attached hydrogens (tertiary/aromatic N) is 1. The van der Waals surface area contributed by atoms with Crippen molar-refractivity contribution in [3.63, 3.8) is 0 Å². The highest BCUT2D eigenvalue weighted by molar-refractivity contribution is 7.89. The largest absolute Gasteiger partial charge is 0.397 e. The van der Waals surface area contributed by atoms with Crippen molar-refractivity contribution < 1.29 is 8.42 Å². The van der Waals surface area contributed by atoms with Crippen LogP contribution < -0.4 is 10.5 Å². The third kappa shape index (κ3) is 4.10. The zero-order valence-corrected chi connectivity index (χ0v) is 14.0. The summed E-state index contributed by atoms with van der Waals surface area (Å²) in [6.07, 6.45) is 2.16. The van der Waals surface area contributed by atoms with E-state index in [0.29, 0.717) is 23.0 Å². The molecular weight excluding hydrogens is 310 g/mol. The first-order valence-electron chi connectivity index (χ1n) is 7.03. The lowest BCUT2D eigenvalue weighted by molar-refractivity contribution is 0.211. The Kier molecular flexibility index (Phi) is 5.14. The van der Waals surface area contributed by atoms with Crippen LogP contribution >= 0.6 is 11.6 Å². The molecule has 0 bridgehead atoms. The molecule has 5 nitrogen and oxygen atoms in total. The standard InChI is InChI=1S/C14H22ClN3O2S/c1-10-6-12(7-13(16)14(10)15)21(19,20)17-8-11-4-3-5-18(2)9-11/h6-7,11,17H,3-5,8-9,16H2,1-2H3.